The van der Waals surface area contributed by atoms with E-state index in [1.807, 2.05) is 12.1 Å². The molecule has 1 atom stereocenters. The van der Waals surface area contributed by atoms with Gasteiger partial charge in [-0.3, -0.25) is 9.59 Å². The molecule has 1 aliphatic heterocycles. The van der Waals surface area contributed by atoms with Gasteiger partial charge in [0.2, 0.25) is 0 Å². The topological polar surface area (TPSA) is 84.1 Å². The summed E-state index contributed by atoms with van der Waals surface area (Å²) < 4.78 is 5.86. The number of benzene rings is 1. The molecule has 0 fully saturated rings. The number of aryl methyl sites for hydroxylation is 1. The number of amides is 1. The van der Waals surface area contributed by atoms with Gasteiger partial charge >= 0.3 is 0 Å². The molecular formula is C19H21N3O3. The third-order valence-electron chi connectivity index (χ3n) is 5.02. The van der Waals surface area contributed by atoms with Crippen LogP contribution in [-0.4, -0.2) is 29.3 Å². The van der Waals surface area contributed by atoms with Crippen molar-refractivity contribution in [1.29, 1.82) is 0 Å². The molecule has 130 valence electrons. The Hall–Kier alpha value is -2.47. The van der Waals surface area contributed by atoms with Gasteiger partial charge in [-0.05, 0) is 48.8 Å². The summed E-state index contributed by atoms with van der Waals surface area (Å²) >= 11 is 0. The maximum absolute atomic E-state index is 12.5. The van der Waals surface area contributed by atoms with E-state index in [2.05, 4.69) is 27.6 Å². The van der Waals surface area contributed by atoms with Crippen LogP contribution in [0.1, 0.15) is 51.7 Å². The molecule has 1 amide bonds. The maximum Gasteiger partial charge on any atom is 0.277 e. The number of nitrogens with one attached hydrogen (secondary N) is 2. The number of hydrogen-bond acceptors (Lipinski definition) is 4. The lowest BCUT2D eigenvalue weighted by atomic mass is 9.96. The largest absolute Gasteiger partial charge is 0.373 e. The molecule has 2 N–H and O–H groups in total. The van der Waals surface area contributed by atoms with Gasteiger partial charge in [0.05, 0.1) is 18.4 Å². The minimum Gasteiger partial charge on any atom is -0.373 e. The van der Waals surface area contributed by atoms with Crippen LogP contribution in [0.15, 0.2) is 29.1 Å². The molecule has 6 nitrogen and oxygen atoms in total. The maximum atomic E-state index is 12.5. The van der Waals surface area contributed by atoms with Crippen molar-refractivity contribution in [3.05, 3.63) is 62.6 Å². The zero-order valence-electron chi connectivity index (χ0n) is 14.0. The first-order valence-electron chi connectivity index (χ1n) is 8.82. The quantitative estimate of drug-likeness (QED) is 0.888. The second kappa shape index (κ2) is 6.80. The van der Waals surface area contributed by atoms with E-state index < -0.39 is 5.56 Å². The SMILES string of the molecule is O=C(NCCC1OCCc2ccccc21)c1c2c(n[nH]c1=O)CCC2. The Morgan fingerprint density at radius 2 is 2.16 bits per heavy atom. The summed E-state index contributed by atoms with van der Waals surface area (Å²) in [5, 5.41) is 9.37. The predicted molar refractivity (Wildman–Crippen MR) is 92.7 cm³/mol. The zero-order chi connectivity index (χ0) is 17.2. The van der Waals surface area contributed by atoms with Gasteiger partial charge in [0.15, 0.2) is 0 Å². The van der Waals surface area contributed by atoms with Gasteiger partial charge in [-0.15, -0.1) is 0 Å². The highest BCUT2D eigenvalue weighted by molar-refractivity contribution is 5.95. The number of aromatic amines is 1. The Labute approximate surface area is 145 Å². The van der Waals surface area contributed by atoms with Gasteiger partial charge in [-0.1, -0.05) is 24.3 Å². The Kier molecular flexibility index (Phi) is 4.36. The molecule has 0 bridgehead atoms. The van der Waals surface area contributed by atoms with Crippen molar-refractivity contribution in [3.63, 3.8) is 0 Å². The third-order valence-corrected chi connectivity index (χ3v) is 5.02. The van der Waals surface area contributed by atoms with E-state index in [1.54, 1.807) is 0 Å². The number of aromatic nitrogens is 2. The molecule has 1 aromatic heterocycles. The van der Waals surface area contributed by atoms with Crippen LogP contribution in [0.5, 0.6) is 0 Å². The lowest BCUT2D eigenvalue weighted by Gasteiger charge is -2.26. The van der Waals surface area contributed by atoms with E-state index in [1.165, 1.54) is 11.1 Å². The molecule has 2 aliphatic rings. The zero-order valence-corrected chi connectivity index (χ0v) is 14.0. The summed E-state index contributed by atoms with van der Waals surface area (Å²) in [7, 11) is 0. The first-order valence-corrected chi connectivity index (χ1v) is 8.82. The Morgan fingerprint density at radius 3 is 3.08 bits per heavy atom. The molecule has 25 heavy (non-hydrogen) atoms. The summed E-state index contributed by atoms with van der Waals surface area (Å²) in [6.45, 7) is 1.17. The number of hydrogen-bond donors (Lipinski definition) is 2. The normalized spacial score (nSPS) is 18.5. The molecule has 2 heterocycles. The summed E-state index contributed by atoms with van der Waals surface area (Å²) in [5.74, 6) is -0.314. The standard InChI is InChI=1S/C19H21N3O3/c23-18(17-14-6-3-7-15(14)21-22-19(17)24)20-10-8-16-13-5-2-1-4-12(13)9-11-25-16/h1-2,4-5,16H,3,6-11H2,(H,20,23)(H,22,24). The van der Waals surface area contributed by atoms with Crippen LogP contribution < -0.4 is 10.9 Å². The van der Waals surface area contributed by atoms with Crippen LogP contribution in [0.4, 0.5) is 0 Å². The number of carbonyl (C=O) groups is 1. The van der Waals surface area contributed by atoms with Crippen molar-refractivity contribution in [2.24, 2.45) is 0 Å². The van der Waals surface area contributed by atoms with Crippen molar-refractivity contribution in [2.45, 2.75) is 38.2 Å². The highest BCUT2D eigenvalue weighted by Crippen LogP contribution is 2.29. The number of H-pyrrole nitrogens is 1. The first kappa shape index (κ1) is 16.0. The van der Waals surface area contributed by atoms with Crippen LogP contribution in [0, 0.1) is 0 Å². The van der Waals surface area contributed by atoms with Crippen molar-refractivity contribution in [1.82, 2.24) is 15.5 Å². The smallest absolute Gasteiger partial charge is 0.277 e. The summed E-state index contributed by atoms with van der Waals surface area (Å²) in [6, 6.07) is 8.27. The van der Waals surface area contributed by atoms with Crippen molar-refractivity contribution >= 4 is 5.91 Å². The fraction of sp³-hybridized carbons (Fsp3) is 0.421. The fourth-order valence-corrected chi connectivity index (χ4v) is 3.79. The molecule has 6 heteroatoms. The number of ether oxygens (including phenoxy) is 1. The van der Waals surface area contributed by atoms with Gasteiger partial charge in [0, 0.05) is 6.54 Å². The van der Waals surface area contributed by atoms with Gasteiger partial charge in [-0.2, -0.15) is 5.10 Å². The fourth-order valence-electron chi connectivity index (χ4n) is 3.79. The number of rotatable bonds is 4. The minimum atomic E-state index is -0.405. The van der Waals surface area contributed by atoms with E-state index in [0.29, 0.717) is 19.6 Å². The average Bonchev–Trinajstić information content (AvgIpc) is 3.10. The molecule has 1 aromatic carbocycles. The molecule has 0 saturated heterocycles. The Morgan fingerprint density at radius 1 is 1.28 bits per heavy atom. The Bertz CT molecular complexity index is 859. The summed E-state index contributed by atoms with van der Waals surface area (Å²) in [4.78, 5) is 24.6. The number of fused-ring (bicyclic) bond motifs is 2. The predicted octanol–water partition coefficient (Wildman–Crippen LogP) is 1.69. The molecule has 4 rings (SSSR count). The van der Waals surface area contributed by atoms with Gasteiger partial charge < -0.3 is 10.1 Å². The molecular weight excluding hydrogens is 318 g/mol. The molecule has 0 radical (unpaired) electrons. The minimum absolute atomic E-state index is 0.00769. The number of carbonyl (C=O) groups excluding carboxylic acids is 1. The van der Waals surface area contributed by atoms with Gasteiger partial charge in [-0.25, -0.2) is 5.10 Å². The van der Waals surface area contributed by atoms with Crippen LogP contribution in [0.25, 0.3) is 0 Å². The lowest BCUT2D eigenvalue weighted by molar-refractivity contribution is 0.0366. The first-order chi connectivity index (χ1) is 12.2. The van der Waals surface area contributed by atoms with Crippen LogP contribution in [0.2, 0.25) is 0 Å². The van der Waals surface area contributed by atoms with E-state index in [0.717, 1.165) is 36.9 Å². The van der Waals surface area contributed by atoms with Crippen LogP contribution >= 0.6 is 0 Å². The van der Waals surface area contributed by atoms with Gasteiger partial charge in [0.25, 0.3) is 11.5 Å². The molecule has 2 aromatic rings. The van der Waals surface area contributed by atoms with Gasteiger partial charge in [0.1, 0.15) is 5.56 Å². The molecule has 0 saturated carbocycles. The van der Waals surface area contributed by atoms with Crippen molar-refractivity contribution in [3.8, 4) is 0 Å². The second-order valence-corrected chi connectivity index (χ2v) is 6.56. The lowest BCUT2D eigenvalue weighted by Crippen LogP contribution is -2.33. The van der Waals surface area contributed by atoms with E-state index in [-0.39, 0.29) is 17.6 Å². The third kappa shape index (κ3) is 3.09. The average molecular weight is 339 g/mol. The second-order valence-electron chi connectivity index (χ2n) is 6.56. The number of nitrogens with zero attached hydrogens (tertiary/aromatic N) is 1. The summed E-state index contributed by atoms with van der Waals surface area (Å²) in [5.41, 5.74) is 3.99. The molecule has 0 spiro atoms. The highest BCUT2D eigenvalue weighted by Gasteiger charge is 2.24. The van der Waals surface area contributed by atoms with Crippen molar-refractivity contribution in [2.75, 3.05) is 13.2 Å². The van der Waals surface area contributed by atoms with E-state index in [4.69, 9.17) is 4.74 Å². The Balaban J connectivity index is 1.43. The van der Waals surface area contributed by atoms with Crippen molar-refractivity contribution < 1.29 is 9.53 Å². The highest BCUT2D eigenvalue weighted by atomic mass is 16.5. The monoisotopic (exact) mass is 339 g/mol. The molecule has 1 aliphatic carbocycles. The van der Waals surface area contributed by atoms with E-state index in [9.17, 15) is 9.59 Å². The van der Waals surface area contributed by atoms with E-state index >= 15 is 0 Å². The van der Waals surface area contributed by atoms with Crippen LogP contribution in [-0.2, 0) is 24.0 Å². The van der Waals surface area contributed by atoms with Crippen LogP contribution in [0.3, 0.4) is 0 Å². The molecule has 1 unspecified atom stereocenters. The summed E-state index contributed by atoms with van der Waals surface area (Å²) in [6.07, 6.45) is 4.11.